The van der Waals surface area contributed by atoms with Gasteiger partial charge in [-0.05, 0) is 66.5 Å². The van der Waals surface area contributed by atoms with E-state index in [0.717, 1.165) is 18.8 Å². The predicted molar refractivity (Wildman–Crippen MR) is 125 cm³/mol. The van der Waals surface area contributed by atoms with Crippen molar-refractivity contribution in [2.24, 2.45) is 11.8 Å². The molecule has 0 amide bonds. The van der Waals surface area contributed by atoms with E-state index < -0.39 is 0 Å². The molecule has 2 aromatic rings. The van der Waals surface area contributed by atoms with E-state index in [9.17, 15) is 0 Å². The summed E-state index contributed by atoms with van der Waals surface area (Å²) in [5.41, 5.74) is 5.76. The molecule has 2 unspecified atom stereocenters. The Bertz CT molecular complexity index is 678. The fourth-order valence-corrected chi connectivity index (χ4v) is 4.07. The molecule has 0 aliphatic heterocycles. The van der Waals surface area contributed by atoms with Crippen LogP contribution in [0.3, 0.4) is 0 Å². The first-order valence-electron chi connectivity index (χ1n) is 11.3. The first kappa shape index (κ1) is 22.5. The summed E-state index contributed by atoms with van der Waals surface area (Å²) in [5, 5.41) is 0. The lowest BCUT2D eigenvalue weighted by Crippen LogP contribution is -2.15. The second-order valence-electron chi connectivity index (χ2n) is 8.92. The highest BCUT2D eigenvalue weighted by molar-refractivity contribution is 5.25. The molecular weight excluding hydrogens is 336 g/mol. The standard InChI is InChI=1S/C28H40/c1-6-7-13-28(20-23(4)14-15-25-11-9-8-10-12-25)24(5)21-26-16-18-27(19-17-26)22(2)3/h8-12,16-19,22,24,28H,4,6-7,13-15,20-21H2,1-3,5H3. The summed E-state index contributed by atoms with van der Waals surface area (Å²) >= 11 is 0. The SMILES string of the molecule is C=C(CCc1ccccc1)CC(CCCC)C(C)Cc1ccc(C(C)C)cc1. The van der Waals surface area contributed by atoms with Crippen LogP contribution < -0.4 is 0 Å². The molecule has 152 valence electrons. The molecule has 0 aromatic heterocycles. The van der Waals surface area contributed by atoms with E-state index in [1.807, 2.05) is 0 Å². The van der Waals surface area contributed by atoms with Gasteiger partial charge in [0.2, 0.25) is 0 Å². The highest BCUT2D eigenvalue weighted by Gasteiger charge is 2.18. The first-order valence-corrected chi connectivity index (χ1v) is 11.3. The topological polar surface area (TPSA) is 0 Å². The number of unbranched alkanes of at least 4 members (excludes halogenated alkanes) is 1. The van der Waals surface area contributed by atoms with E-state index >= 15 is 0 Å². The van der Waals surface area contributed by atoms with Gasteiger partial charge in [0.1, 0.15) is 0 Å². The summed E-state index contributed by atoms with van der Waals surface area (Å²) in [6, 6.07) is 20.1. The lowest BCUT2D eigenvalue weighted by Gasteiger charge is -2.25. The summed E-state index contributed by atoms with van der Waals surface area (Å²) in [4.78, 5) is 0. The van der Waals surface area contributed by atoms with Crippen molar-refractivity contribution in [3.63, 3.8) is 0 Å². The number of allylic oxidation sites excluding steroid dienone is 1. The van der Waals surface area contributed by atoms with Crippen LogP contribution in [-0.4, -0.2) is 0 Å². The monoisotopic (exact) mass is 376 g/mol. The van der Waals surface area contributed by atoms with Crippen LogP contribution in [0.25, 0.3) is 0 Å². The van der Waals surface area contributed by atoms with Crippen molar-refractivity contribution in [3.8, 4) is 0 Å². The van der Waals surface area contributed by atoms with Crippen LogP contribution in [0, 0.1) is 11.8 Å². The number of aryl methyl sites for hydroxylation is 1. The van der Waals surface area contributed by atoms with Gasteiger partial charge in [0, 0.05) is 0 Å². The molecular formula is C28H40. The highest BCUT2D eigenvalue weighted by atomic mass is 14.2. The third-order valence-electron chi connectivity index (χ3n) is 6.10. The van der Waals surface area contributed by atoms with E-state index in [0.29, 0.717) is 11.8 Å². The lowest BCUT2D eigenvalue weighted by atomic mass is 9.80. The van der Waals surface area contributed by atoms with Crippen LogP contribution in [0.5, 0.6) is 0 Å². The summed E-state index contributed by atoms with van der Waals surface area (Å²) in [6.45, 7) is 13.7. The number of rotatable bonds is 12. The van der Waals surface area contributed by atoms with Crippen LogP contribution in [-0.2, 0) is 12.8 Å². The quantitative estimate of drug-likeness (QED) is 0.326. The van der Waals surface area contributed by atoms with Gasteiger partial charge in [0.25, 0.3) is 0 Å². The van der Waals surface area contributed by atoms with E-state index in [2.05, 4.69) is 88.9 Å². The third-order valence-corrected chi connectivity index (χ3v) is 6.10. The molecule has 2 aromatic carbocycles. The minimum absolute atomic E-state index is 0.608. The van der Waals surface area contributed by atoms with Gasteiger partial charge in [-0.3, -0.25) is 0 Å². The van der Waals surface area contributed by atoms with Crippen molar-refractivity contribution >= 4 is 0 Å². The minimum atomic E-state index is 0.608. The normalized spacial score (nSPS) is 13.5. The van der Waals surface area contributed by atoms with Gasteiger partial charge in [-0.25, -0.2) is 0 Å². The molecule has 0 N–H and O–H groups in total. The Morgan fingerprint density at radius 3 is 2.18 bits per heavy atom. The predicted octanol–water partition coefficient (Wildman–Crippen LogP) is 8.37. The van der Waals surface area contributed by atoms with Gasteiger partial charge in [0.15, 0.2) is 0 Å². The number of hydrogen-bond acceptors (Lipinski definition) is 0. The fraction of sp³-hybridized carbons (Fsp3) is 0.500. The zero-order valence-corrected chi connectivity index (χ0v) is 18.6. The zero-order valence-electron chi connectivity index (χ0n) is 18.6. The molecule has 2 atom stereocenters. The van der Waals surface area contributed by atoms with E-state index in [-0.39, 0.29) is 0 Å². The Kier molecular flexibility index (Phi) is 9.55. The van der Waals surface area contributed by atoms with E-state index in [1.54, 1.807) is 0 Å². The lowest BCUT2D eigenvalue weighted by molar-refractivity contribution is 0.320. The molecule has 0 aliphatic carbocycles. The summed E-state index contributed by atoms with van der Waals surface area (Å²) < 4.78 is 0. The molecule has 0 radical (unpaired) electrons. The molecule has 0 nitrogen and oxygen atoms in total. The van der Waals surface area contributed by atoms with Crippen LogP contribution in [0.4, 0.5) is 0 Å². The maximum Gasteiger partial charge on any atom is -0.0219 e. The maximum atomic E-state index is 4.44. The second kappa shape index (κ2) is 11.9. The van der Waals surface area contributed by atoms with Crippen molar-refractivity contribution in [1.82, 2.24) is 0 Å². The third kappa shape index (κ3) is 7.66. The maximum absolute atomic E-state index is 4.44. The molecule has 0 heteroatoms. The zero-order chi connectivity index (χ0) is 20.4. The molecule has 0 aliphatic rings. The van der Waals surface area contributed by atoms with Gasteiger partial charge < -0.3 is 0 Å². The molecule has 0 spiro atoms. The summed E-state index contributed by atoms with van der Waals surface area (Å²) in [7, 11) is 0. The highest BCUT2D eigenvalue weighted by Crippen LogP contribution is 2.30. The van der Waals surface area contributed by atoms with Gasteiger partial charge in [-0.15, -0.1) is 0 Å². The Labute approximate surface area is 174 Å². The molecule has 28 heavy (non-hydrogen) atoms. The second-order valence-corrected chi connectivity index (χ2v) is 8.92. The van der Waals surface area contributed by atoms with Crippen LogP contribution in [0.2, 0.25) is 0 Å². The van der Waals surface area contributed by atoms with E-state index in [4.69, 9.17) is 0 Å². The van der Waals surface area contributed by atoms with Gasteiger partial charge in [0.05, 0.1) is 0 Å². The molecule has 0 saturated carbocycles. The van der Waals surface area contributed by atoms with Crippen molar-refractivity contribution in [2.75, 3.05) is 0 Å². The Morgan fingerprint density at radius 2 is 1.57 bits per heavy atom. The van der Waals surface area contributed by atoms with Crippen molar-refractivity contribution in [1.29, 1.82) is 0 Å². The van der Waals surface area contributed by atoms with Gasteiger partial charge in [-0.1, -0.05) is 107 Å². The van der Waals surface area contributed by atoms with E-state index in [1.165, 1.54) is 54.4 Å². The average molecular weight is 377 g/mol. The molecule has 0 fully saturated rings. The molecule has 0 bridgehead atoms. The Morgan fingerprint density at radius 1 is 0.893 bits per heavy atom. The Hall–Kier alpha value is -1.82. The van der Waals surface area contributed by atoms with Crippen molar-refractivity contribution in [3.05, 3.63) is 83.4 Å². The molecule has 0 saturated heterocycles. The van der Waals surface area contributed by atoms with Crippen LogP contribution >= 0.6 is 0 Å². The average Bonchev–Trinajstić information content (AvgIpc) is 2.70. The number of hydrogen-bond donors (Lipinski definition) is 0. The minimum Gasteiger partial charge on any atom is -0.0998 e. The van der Waals surface area contributed by atoms with Gasteiger partial charge >= 0.3 is 0 Å². The molecule has 2 rings (SSSR count). The van der Waals surface area contributed by atoms with Crippen LogP contribution in [0.15, 0.2) is 66.7 Å². The van der Waals surface area contributed by atoms with Crippen LogP contribution in [0.1, 0.15) is 82.4 Å². The number of benzene rings is 2. The fourth-order valence-electron chi connectivity index (χ4n) is 4.07. The summed E-state index contributed by atoms with van der Waals surface area (Å²) in [6.07, 6.45) is 8.52. The Balaban J connectivity index is 1.91. The first-order chi connectivity index (χ1) is 13.5. The van der Waals surface area contributed by atoms with Crippen molar-refractivity contribution in [2.45, 2.75) is 78.6 Å². The van der Waals surface area contributed by atoms with Crippen molar-refractivity contribution < 1.29 is 0 Å². The largest absolute Gasteiger partial charge is 0.0998 e. The molecule has 0 heterocycles. The van der Waals surface area contributed by atoms with Gasteiger partial charge in [-0.2, -0.15) is 0 Å². The summed E-state index contributed by atoms with van der Waals surface area (Å²) in [5.74, 6) is 2.05. The smallest absolute Gasteiger partial charge is 0.0219 e.